The topological polar surface area (TPSA) is 23.5 Å². The van der Waals surface area contributed by atoms with Gasteiger partial charge in [-0.2, -0.15) is 13.2 Å². The van der Waals surface area contributed by atoms with Crippen molar-refractivity contribution in [2.75, 3.05) is 13.6 Å². The minimum absolute atomic E-state index is 0.107. The zero-order chi connectivity index (χ0) is 13.9. The molecule has 2 nitrogen and oxygen atoms in total. The van der Waals surface area contributed by atoms with Crippen molar-refractivity contribution in [3.63, 3.8) is 0 Å². The maximum absolute atomic E-state index is 13.4. The van der Waals surface area contributed by atoms with Gasteiger partial charge in [0.2, 0.25) is 0 Å². The first-order valence-corrected chi connectivity index (χ1v) is 5.46. The summed E-state index contributed by atoms with van der Waals surface area (Å²) in [4.78, 5) is 1.16. The van der Waals surface area contributed by atoms with E-state index in [1.165, 1.54) is 25.2 Å². The van der Waals surface area contributed by atoms with E-state index in [1.807, 2.05) is 0 Å². The lowest BCUT2D eigenvalue weighted by Crippen LogP contribution is -2.39. The molecule has 0 bridgehead atoms. The summed E-state index contributed by atoms with van der Waals surface area (Å²) >= 11 is 5.75. The number of hydrogen-bond acceptors (Lipinski definition) is 2. The number of likely N-dealkylation sites (N-methyl/N-ethyl adjacent to an activating group) is 1. The van der Waals surface area contributed by atoms with Crippen molar-refractivity contribution < 1.29 is 22.7 Å². The number of nitrogens with zero attached hydrogens (tertiary/aromatic N) is 1. The van der Waals surface area contributed by atoms with E-state index in [2.05, 4.69) is 0 Å². The fourth-order valence-corrected chi connectivity index (χ4v) is 1.64. The Hall–Kier alpha value is -0.850. The summed E-state index contributed by atoms with van der Waals surface area (Å²) in [7, 11) is 1.34. The zero-order valence-electron chi connectivity index (χ0n) is 9.51. The van der Waals surface area contributed by atoms with Crippen molar-refractivity contribution in [3.8, 4) is 0 Å². The maximum Gasteiger partial charge on any atom is 0.415 e. The van der Waals surface area contributed by atoms with Crippen LogP contribution in [0, 0.1) is 5.82 Å². The molecule has 1 unspecified atom stereocenters. The Labute approximate surface area is 107 Å². The van der Waals surface area contributed by atoms with Crippen molar-refractivity contribution in [2.24, 2.45) is 0 Å². The van der Waals surface area contributed by atoms with Crippen molar-refractivity contribution in [1.82, 2.24) is 4.90 Å². The van der Waals surface area contributed by atoms with Gasteiger partial charge in [0.05, 0.1) is 0 Å². The highest BCUT2D eigenvalue weighted by atomic mass is 35.5. The van der Waals surface area contributed by atoms with E-state index in [0.717, 1.165) is 4.90 Å². The number of alkyl halides is 3. The maximum atomic E-state index is 13.4. The van der Waals surface area contributed by atoms with E-state index < -0.39 is 24.6 Å². The molecule has 1 aromatic rings. The van der Waals surface area contributed by atoms with Crippen molar-refractivity contribution in [2.45, 2.75) is 18.8 Å². The second-order valence-corrected chi connectivity index (χ2v) is 4.36. The highest BCUT2D eigenvalue weighted by Gasteiger charge is 2.38. The van der Waals surface area contributed by atoms with E-state index in [4.69, 9.17) is 16.7 Å². The number of halogens is 5. The van der Waals surface area contributed by atoms with Gasteiger partial charge >= 0.3 is 6.18 Å². The molecule has 1 N–H and O–H groups in total. The number of aliphatic hydroxyl groups excluding tert-OH is 1. The van der Waals surface area contributed by atoms with Gasteiger partial charge in [-0.05, 0) is 19.2 Å². The average Bonchev–Trinajstić information content (AvgIpc) is 2.22. The fraction of sp³-hybridized carbons (Fsp3) is 0.455. The summed E-state index contributed by atoms with van der Waals surface area (Å²) in [5.74, 6) is -0.587. The minimum atomic E-state index is -4.69. The van der Waals surface area contributed by atoms with Crippen molar-refractivity contribution >= 4 is 11.6 Å². The van der Waals surface area contributed by atoms with E-state index in [9.17, 15) is 17.6 Å². The predicted molar refractivity (Wildman–Crippen MR) is 59.8 cm³/mol. The molecule has 0 saturated carbocycles. The summed E-state index contributed by atoms with van der Waals surface area (Å²) in [6.07, 6.45) is -7.15. The Bertz CT molecular complexity index is 390. The number of rotatable bonds is 4. The average molecular weight is 286 g/mol. The molecule has 7 heteroatoms. The first kappa shape index (κ1) is 15.2. The van der Waals surface area contributed by atoms with E-state index in [1.54, 1.807) is 0 Å². The van der Waals surface area contributed by atoms with Gasteiger partial charge < -0.3 is 5.11 Å². The van der Waals surface area contributed by atoms with Crippen LogP contribution in [0.5, 0.6) is 0 Å². The summed E-state index contributed by atoms with van der Waals surface area (Å²) in [6.45, 7) is -0.757. The lowest BCUT2D eigenvalue weighted by Gasteiger charge is -2.22. The molecule has 0 aromatic heterocycles. The molecule has 0 aliphatic rings. The summed E-state index contributed by atoms with van der Waals surface area (Å²) in [5, 5.41) is 9.02. The smallest absolute Gasteiger partial charge is 0.382 e. The predicted octanol–water partition coefficient (Wildman–Crippen LogP) is 2.83. The van der Waals surface area contributed by atoms with E-state index >= 15 is 0 Å². The molecule has 18 heavy (non-hydrogen) atoms. The largest absolute Gasteiger partial charge is 0.415 e. The highest BCUT2D eigenvalue weighted by Crippen LogP contribution is 2.23. The van der Waals surface area contributed by atoms with Crippen LogP contribution in [0.25, 0.3) is 0 Å². The summed E-state index contributed by atoms with van der Waals surface area (Å²) < 4.78 is 49.8. The molecule has 0 fully saturated rings. The first-order valence-electron chi connectivity index (χ1n) is 5.08. The van der Waals surface area contributed by atoms with E-state index in [-0.39, 0.29) is 17.1 Å². The van der Waals surface area contributed by atoms with Gasteiger partial charge in [-0.3, -0.25) is 4.90 Å². The van der Waals surface area contributed by atoms with Gasteiger partial charge in [-0.15, -0.1) is 0 Å². The Balaban J connectivity index is 2.68. The zero-order valence-corrected chi connectivity index (χ0v) is 10.3. The van der Waals surface area contributed by atoms with Crippen LogP contribution in [-0.4, -0.2) is 35.9 Å². The van der Waals surface area contributed by atoms with Crippen LogP contribution >= 0.6 is 11.6 Å². The van der Waals surface area contributed by atoms with Gasteiger partial charge in [-0.25, -0.2) is 4.39 Å². The lowest BCUT2D eigenvalue weighted by atomic mass is 10.2. The monoisotopic (exact) mass is 285 g/mol. The molecule has 0 heterocycles. The highest BCUT2D eigenvalue weighted by molar-refractivity contribution is 6.31. The molecular weight excluding hydrogens is 274 g/mol. The van der Waals surface area contributed by atoms with Gasteiger partial charge in [-0.1, -0.05) is 17.7 Å². The van der Waals surface area contributed by atoms with Crippen LogP contribution in [0.3, 0.4) is 0 Å². The van der Waals surface area contributed by atoms with Gasteiger partial charge in [0, 0.05) is 23.7 Å². The van der Waals surface area contributed by atoms with Gasteiger partial charge in [0.25, 0.3) is 0 Å². The second-order valence-electron chi connectivity index (χ2n) is 3.95. The van der Waals surface area contributed by atoms with Gasteiger partial charge in [0.1, 0.15) is 5.82 Å². The van der Waals surface area contributed by atoms with Gasteiger partial charge in [0.15, 0.2) is 6.10 Å². The molecule has 0 amide bonds. The molecule has 0 aliphatic heterocycles. The van der Waals surface area contributed by atoms with Crippen LogP contribution in [0.2, 0.25) is 5.02 Å². The molecule has 0 spiro atoms. The summed E-state index contributed by atoms with van der Waals surface area (Å²) in [6, 6.07) is 4.04. The number of aliphatic hydroxyl groups is 1. The normalized spacial score (nSPS) is 14.0. The molecule has 102 valence electrons. The Kier molecular flexibility index (Phi) is 4.95. The first-order chi connectivity index (χ1) is 8.21. The molecule has 0 radical (unpaired) electrons. The molecular formula is C11H12ClF4NO. The Morgan fingerprint density at radius 1 is 1.39 bits per heavy atom. The number of benzene rings is 1. The molecule has 1 atom stereocenters. The molecule has 1 aromatic carbocycles. The third-order valence-corrected chi connectivity index (χ3v) is 2.71. The van der Waals surface area contributed by atoms with Crippen LogP contribution in [0.4, 0.5) is 17.6 Å². The van der Waals surface area contributed by atoms with E-state index in [0.29, 0.717) is 0 Å². The molecule has 0 aliphatic carbocycles. The minimum Gasteiger partial charge on any atom is -0.382 e. The molecule has 0 saturated heterocycles. The van der Waals surface area contributed by atoms with Crippen LogP contribution in [0.1, 0.15) is 5.56 Å². The molecule has 1 rings (SSSR count). The SMILES string of the molecule is CN(Cc1c(F)cccc1Cl)CC(O)C(F)(F)F. The fourth-order valence-electron chi connectivity index (χ4n) is 1.42. The van der Waals surface area contributed by atoms with Crippen LogP contribution in [0.15, 0.2) is 18.2 Å². The number of hydrogen-bond donors (Lipinski definition) is 1. The second kappa shape index (κ2) is 5.86. The quantitative estimate of drug-likeness (QED) is 0.860. The van der Waals surface area contributed by atoms with Crippen LogP contribution in [-0.2, 0) is 6.54 Å². The van der Waals surface area contributed by atoms with Crippen LogP contribution < -0.4 is 0 Å². The third kappa shape index (κ3) is 4.12. The Morgan fingerprint density at radius 2 is 2.00 bits per heavy atom. The van der Waals surface area contributed by atoms with Crippen molar-refractivity contribution in [1.29, 1.82) is 0 Å². The third-order valence-electron chi connectivity index (χ3n) is 2.35. The summed E-state index contributed by atoms with van der Waals surface area (Å²) in [5.41, 5.74) is 0.107. The van der Waals surface area contributed by atoms with Crippen molar-refractivity contribution in [3.05, 3.63) is 34.6 Å². The standard InChI is InChI=1S/C11H12ClF4NO/c1-17(6-10(18)11(14,15)16)5-7-8(12)3-2-4-9(7)13/h2-4,10,18H,5-6H2,1H3. The lowest BCUT2D eigenvalue weighted by molar-refractivity contribution is -0.207. The Morgan fingerprint density at radius 3 is 2.50 bits per heavy atom.